The Morgan fingerprint density at radius 1 is 0.947 bits per heavy atom. The zero-order chi connectivity index (χ0) is 14.4. The van der Waals surface area contributed by atoms with Crippen molar-refractivity contribution in [2.45, 2.75) is 52.4 Å². The fourth-order valence-electron chi connectivity index (χ4n) is 1.41. The predicted molar refractivity (Wildman–Crippen MR) is 85.3 cm³/mol. The second-order valence-electron chi connectivity index (χ2n) is 4.02. The number of hydrogen-bond acceptors (Lipinski definition) is 2. The second kappa shape index (κ2) is 17.9. The van der Waals surface area contributed by atoms with Crippen LogP contribution in [0.4, 0.5) is 0 Å². The molecule has 0 rings (SSSR count). The molecular formula is C12H26FeN2O2S2. The fourth-order valence-corrected chi connectivity index (χ4v) is 1.59. The molecule has 0 aliphatic heterocycles. The van der Waals surface area contributed by atoms with Gasteiger partial charge in [-0.05, 0) is 37.3 Å². The molecule has 0 aromatic heterocycles. The van der Waals surface area contributed by atoms with Crippen molar-refractivity contribution in [3.63, 3.8) is 0 Å². The fraction of sp³-hybridized carbons (Fsp3) is 0.833. The Kier molecular flexibility index (Phi) is 22.6. The van der Waals surface area contributed by atoms with Crippen LogP contribution in [-0.2, 0) is 17.1 Å². The molecule has 0 aliphatic rings. The van der Waals surface area contributed by atoms with E-state index in [0.29, 0.717) is 0 Å². The number of nitrogens with two attached hydrogens (primary N) is 1. The minimum absolute atomic E-state index is 0. The van der Waals surface area contributed by atoms with Crippen LogP contribution >= 0.6 is 24.4 Å². The normalized spacial score (nSPS) is 8.74. The first kappa shape index (κ1) is 24.0. The Morgan fingerprint density at radius 2 is 1.26 bits per heavy atom. The number of hydrogen-bond donors (Lipinski definition) is 3. The summed E-state index contributed by atoms with van der Waals surface area (Å²) in [4.78, 5) is 1.92. The topological polar surface area (TPSA) is 69.7 Å². The summed E-state index contributed by atoms with van der Waals surface area (Å²) in [6, 6.07) is 0. The van der Waals surface area contributed by atoms with E-state index in [1.165, 1.54) is 25.7 Å². The van der Waals surface area contributed by atoms with E-state index in [2.05, 4.69) is 31.8 Å². The van der Waals surface area contributed by atoms with Crippen LogP contribution in [0, 0.1) is 0 Å². The minimum Gasteiger partial charge on any atom is -0.487 e. The van der Waals surface area contributed by atoms with Gasteiger partial charge < -0.3 is 20.8 Å². The Bertz CT molecular complexity index is 218. The molecule has 0 radical (unpaired) electrons. The number of aliphatic hydroxyl groups is 2. The molecule has 0 saturated carbocycles. The van der Waals surface area contributed by atoms with Gasteiger partial charge in [0.15, 0.2) is 0 Å². The Hall–Kier alpha value is -0.101. The van der Waals surface area contributed by atoms with Gasteiger partial charge in [0.25, 0.3) is 10.3 Å². The maximum Gasteiger partial charge on any atom is 0.256 e. The molecule has 0 fully saturated rings. The molecule has 7 heteroatoms. The zero-order valence-electron chi connectivity index (χ0n) is 11.7. The standard InChI is InChI=1S/C11H23NOS.CH3NOS.Fe/c1-3-5-7-9-12(11(13)14)10-8-6-4-2;2-1(3)4;/h3-10H2,1-2H3,(H,13,14);(H3,2,3,4);. The number of nitrogens with zero attached hydrogens (tertiary/aromatic N) is 1. The van der Waals surface area contributed by atoms with E-state index in [4.69, 9.17) is 17.3 Å². The molecule has 4 nitrogen and oxygen atoms in total. The maximum atomic E-state index is 9.27. The molecule has 0 spiro atoms. The van der Waals surface area contributed by atoms with Gasteiger partial charge in [-0.3, -0.25) is 0 Å². The molecule has 0 aliphatic carbocycles. The van der Waals surface area contributed by atoms with E-state index in [0.717, 1.165) is 25.9 Å². The molecule has 0 unspecified atom stereocenters. The van der Waals surface area contributed by atoms with Gasteiger partial charge in [0.05, 0.1) is 0 Å². The Labute approximate surface area is 138 Å². The second-order valence-corrected chi connectivity index (χ2v) is 4.81. The van der Waals surface area contributed by atoms with E-state index < -0.39 is 5.17 Å². The monoisotopic (exact) mass is 350 g/mol. The van der Waals surface area contributed by atoms with Crippen LogP contribution in [0.1, 0.15) is 52.4 Å². The molecular weight excluding hydrogens is 324 g/mol. The largest absolute Gasteiger partial charge is 0.487 e. The van der Waals surface area contributed by atoms with E-state index in [9.17, 15) is 5.11 Å². The average molecular weight is 350 g/mol. The van der Waals surface area contributed by atoms with Gasteiger partial charge in [-0.2, -0.15) is 0 Å². The summed E-state index contributed by atoms with van der Waals surface area (Å²) in [5.74, 6) is 0. The number of rotatable bonds is 8. The Balaban J connectivity index is -0.000000448. The molecule has 0 amide bonds. The number of aliphatic hydroxyl groups excluding tert-OH is 2. The van der Waals surface area contributed by atoms with Crippen molar-refractivity contribution in [1.82, 2.24) is 4.90 Å². The first-order valence-corrected chi connectivity index (χ1v) is 7.23. The molecule has 116 valence electrons. The summed E-state index contributed by atoms with van der Waals surface area (Å²) < 4.78 is 0. The first-order chi connectivity index (χ1) is 8.45. The smallest absolute Gasteiger partial charge is 0.256 e. The maximum absolute atomic E-state index is 9.27. The SMILES string of the molecule is CCCCCN(CCCCC)C(O)=S.NC(O)=S.[Fe]. The van der Waals surface area contributed by atoms with Gasteiger partial charge in [-0.25, -0.2) is 0 Å². The third kappa shape index (κ3) is 23.4. The molecule has 0 atom stereocenters. The number of unbranched alkanes of at least 4 members (excludes halogenated alkanes) is 4. The van der Waals surface area contributed by atoms with Crippen LogP contribution in [-0.4, -0.2) is 38.6 Å². The van der Waals surface area contributed by atoms with Gasteiger partial charge in [0, 0.05) is 30.2 Å². The van der Waals surface area contributed by atoms with Crippen molar-refractivity contribution in [3.8, 4) is 0 Å². The summed E-state index contributed by atoms with van der Waals surface area (Å²) in [5, 5.41) is 16.4. The molecule has 0 heterocycles. The molecule has 0 aromatic rings. The van der Waals surface area contributed by atoms with Crippen molar-refractivity contribution in [2.24, 2.45) is 5.73 Å². The molecule has 19 heavy (non-hydrogen) atoms. The third-order valence-electron chi connectivity index (χ3n) is 2.33. The molecule has 0 aromatic carbocycles. The summed E-state index contributed by atoms with van der Waals surface area (Å²) in [5.41, 5.74) is 4.40. The van der Waals surface area contributed by atoms with Crippen LogP contribution in [0.2, 0.25) is 0 Å². The van der Waals surface area contributed by atoms with Crippen molar-refractivity contribution < 1.29 is 27.3 Å². The van der Waals surface area contributed by atoms with Crippen LogP contribution in [0.25, 0.3) is 0 Å². The summed E-state index contributed by atoms with van der Waals surface area (Å²) in [7, 11) is 0. The van der Waals surface area contributed by atoms with E-state index in [1.807, 2.05) is 4.90 Å². The van der Waals surface area contributed by atoms with Crippen LogP contribution in [0.15, 0.2) is 0 Å². The molecule has 0 saturated heterocycles. The van der Waals surface area contributed by atoms with E-state index in [-0.39, 0.29) is 22.2 Å². The van der Waals surface area contributed by atoms with Crippen molar-refractivity contribution >= 4 is 34.8 Å². The predicted octanol–water partition coefficient (Wildman–Crippen LogP) is 3.30. The molecule has 4 N–H and O–H groups in total. The van der Waals surface area contributed by atoms with Gasteiger partial charge in [0.2, 0.25) is 0 Å². The van der Waals surface area contributed by atoms with Crippen LogP contribution in [0.5, 0.6) is 0 Å². The third-order valence-corrected chi connectivity index (χ3v) is 2.59. The van der Waals surface area contributed by atoms with Crippen LogP contribution < -0.4 is 5.73 Å². The van der Waals surface area contributed by atoms with Crippen molar-refractivity contribution in [2.75, 3.05) is 13.1 Å². The summed E-state index contributed by atoms with van der Waals surface area (Å²) in [6.07, 6.45) is 7.11. The zero-order valence-corrected chi connectivity index (χ0v) is 14.5. The van der Waals surface area contributed by atoms with Gasteiger partial charge in [-0.1, -0.05) is 39.5 Å². The van der Waals surface area contributed by atoms with Gasteiger partial charge >= 0.3 is 0 Å². The van der Waals surface area contributed by atoms with Crippen molar-refractivity contribution in [1.29, 1.82) is 0 Å². The number of thiocarbonyl (C=S) groups is 2. The quantitative estimate of drug-likeness (QED) is 0.355. The van der Waals surface area contributed by atoms with Gasteiger partial charge in [-0.15, -0.1) is 0 Å². The average Bonchev–Trinajstić information content (AvgIpc) is 2.26. The minimum atomic E-state index is -0.500. The first-order valence-electron chi connectivity index (χ1n) is 6.41. The summed E-state index contributed by atoms with van der Waals surface area (Å²) >= 11 is 8.67. The molecule has 0 bridgehead atoms. The van der Waals surface area contributed by atoms with Crippen molar-refractivity contribution in [3.05, 3.63) is 0 Å². The van der Waals surface area contributed by atoms with E-state index in [1.54, 1.807) is 0 Å². The summed E-state index contributed by atoms with van der Waals surface area (Å²) in [6.45, 7) is 6.18. The Morgan fingerprint density at radius 3 is 1.47 bits per heavy atom. The van der Waals surface area contributed by atoms with E-state index >= 15 is 0 Å². The van der Waals surface area contributed by atoms with Crippen LogP contribution in [0.3, 0.4) is 0 Å². The van der Waals surface area contributed by atoms with Gasteiger partial charge in [0.1, 0.15) is 0 Å².